The molecule has 0 spiro atoms. The topological polar surface area (TPSA) is 104 Å². The Morgan fingerprint density at radius 1 is 1.33 bits per heavy atom. The zero-order chi connectivity index (χ0) is 20.1. The van der Waals surface area contributed by atoms with Gasteiger partial charge in [-0.2, -0.15) is 0 Å². The van der Waals surface area contributed by atoms with Crippen molar-refractivity contribution in [3.8, 4) is 0 Å². The Kier molecular flexibility index (Phi) is 7.62. The maximum absolute atomic E-state index is 11.4. The van der Waals surface area contributed by atoms with Crippen molar-refractivity contribution in [3.63, 3.8) is 0 Å². The van der Waals surface area contributed by atoms with Crippen LogP contribution in [0, 0.1) is 23.7 Å². The van der Waals surface area contributed by atoms with Gasteiger partial charge in [-0.15, -0.1) is 0 Å². The van der Waals surface area contributed by atoms with Crippen molar-refractivity contribution in [2.75, 3.05) is 0 Å². The summed E-state index contributed by atoms with van der Waals surface area (Å²) in [4.78, 5) is 22.2. The van der Waals surface area contributed by atoms with Crippen LogP contribution in [0.15, 0.2) is 23.8 Å². The second kappa shape index (κ2) is 9.51. The number of allylic oxidation sites excluding steroid dienone is 3. The maximum Gasteiger partial charge on any atom is 0.305 e. The molecule has 3 N–H and O–H groups in total. The van der Waals surface area contributed by atoms with Gasteiger partial charge in [-0.25, -0.2) is 0 Å². The summed E-state index contributed by atoms with van der Waals surface area (Å²) in [5, 5.41) is 29.4. The van der Waals surface area contributed by atoms with Gasteiger partial charge in [0.2, 0.25) is 0 Å². The van der Waals surface area contributed by atoms with E-state index in [0.29, 0.717) is 12.3 Å². The molecule has 0 amide bonds. The smallest absolute Gasteiger partial charge is 0.305 e. The van der Waals surface area contributed by atoms with Crippen LogP contribution in [0.25, 0.3) is 0 Å². The lowest BCUT2D eigenvalue weighted by atomic mass is 9.65. The van der Waals surface area contributed by atoms with Crippen molar-refractivity contribution in [2.45, 2.75) is 71.2 Å². The van der Waals surface area contributed by atoms with Gasteiger partial charge in [0.25, 0.3) is 0 Å². The van der Waals surface area contributed by atoms with Crippen LogP contribution >= 0.6 is 0 Å². The lowest BCUT2D eigenvalue weighted by molar-refractivity contribution is -0.148. The van der Waals surface area contributed by atoms with E-state index in [1.165, 1.54) is 12.5 Å². The molecule has 0 saturated carbocycles. The number of carbonyl (C=O) groups excluding carboxylic acids is 1. The molecule has 0 aromatic heterocycles. The molecule has 6 heteroatoms. The van der Waals surface area contributed by atoms with E-state index in [1.807, 2.05) is 0 Å². The fourth-order valence-corrected chi connectivity index (χ4v) is 4.56. The van der Waals surface area contributed by atoms with E-state index in [2.05, 4.69) is 32.1 Å². The van der Waals surface area contributed by atoms with E-state index < -0.39 is 24.1 Å². The first-order valence-corrected chi connectivity index (χ1v) is 9.82. The van der Waals surface area contributed by atoms with Crippen molar-refractivity contribution in [2.24, 2.45) is 23.7 Å². The number of fused-ring (bicyclic) bond motifs is 1. The molecule has 27 heavy (non-hydrogen) atoms. The molecule has 2 aliphatic rings. The summed E-state index contributed by atoms with van der Waals surface area (Å²) < 4.78 is 5.32. The number of esters is 1. The van der Waals surface area contributed by atoms with Crippen LogP contribution in [0.3, 0.4) is 0 Å². The van der Waals surface area contributed by atoms with Crippen molar-refractivity contribution in [3.05, 3.63) is 23.8 Å². The molecule has 0 bridgehead atoms. The lowest BCUT2D eigenvalue weighted by Gasteiger charge is -2.42. The van der Waals surface area contributed by atoms with Gasteiger partial charge in [0.15, 0.2) is 0 Å². The van der Waals surface area contributed by atoms with Crippen molar-refractivity contribution >= 4 is 11.9 Å². The summed E-state index contributed by atoms with van der Waals surface area (Å²) in [6.45, 7) is 5.55. The Bertz CT molecular complexity index is 595. The molecule has 0 saturated heterocycles. The third-order valence-electron chi connectivity index (χ3n) is 5.72. The average molecular weight is 380 g/mol. The molecule has 0 heterocycles. The molecule has 2 rings (SSSR count). The number of carboxylic acids is 1. The second-order valence-corrected chi connectivity index (χ2v) is 8.15. The van der Waals surface area contributed by atoms with E-state index in [1.54, 1.807) is 0 Å². The van der Waals surface area contributed by atoms with Crippen LogP contribution in [0.5, 0.6) is 0 Å². The van der Waals surface area contributed by atoms with Crippen LogP contribution in [-0.2, 0) is 14.3 Å². The van der Waals surface area contributed by atoms with Gasteiger partial charge in [0, 0.05) is 19.3 Å². The van der Waals surface area contributed by atoms with Crippen LogP contribution in [0.4, 0.5) is 0 Å². The highest BCUT2D eigenvalue weighted by Crippen LogP contribution is 2.43. The van der Waals surface area contributed by atoms with Gasteiger partial charge in [-0.05, 0) is 42.6 Å². The van der Waals surface area contributed by atoms with E-state index >= 15 is 0 Å². The molecule has 0 radical (unpaired) electrons. The van der Waals surface area contributed by atoms with Crippen molar-refractivity contribution in [1.29, 1.82) is 0 Å². The van der Waals surface area contributed by atoms with Crippen molar-refractivity contribution in [1.82, 2.24) is 0 Å². The van der Waals surface area contributed by atoms with Crippen LogP contribution in [-0.4, -0.2) is 45.6 Å². The number of hydrogen-bond donors (Lipinski definition) is 3. The van der Waals surface area contributed by atoms with E-state index in [-0.39, 0.29) is 36.7 Å². The number of aliphatic carboxylic acids is 1. The number of ether oxygens (including phenoxy) is 1. The Morgan fingerprint density at radius 3 is 2.67 bits per heavy atom. The van der Waals surface area contributed by atoms with E-state index in [4.69, 9.17) is 9.84 Å². The molecule has 0 aromatic carbocycles. The van der Waals surface area contributed by atoms with Gasteiger partial charge in [-0.1, -0.05) is 32.1 Å². The number of carbonyl (C=O) groups is 2. The first-order chi connectivity index (χ1) is 12.7. The van der Waals surface area contributed by atoms with Gasteiger partial charge in [0.1, 0.15) is 6.10 Å². The first-order valence-electron chi connectivity index (χ1n) is 9.82. The van der Waals surface area contributed by atoms with Crippen LogP contribution < -0.4 is 0 Å². The zero-order valence-corrected chi connectivity index (χ0v) is 16.4. The van der Waals surface area contributed by atoms with Gasteiger partial charge < -0.3 is 20.1 Å². The van der Waals surface area contributed by atoms with Gasteiger partial charge >= 0.3 is 11.9 Å². The molecule has 0 aromatic rings. The molecule has 7 atom stereocenters. The third-order valence-corrected chi connectivity index (χ3v) is 5.72. The highest BCUT2D eigenvalue weighted by atomic mass is 16.5. The fourth-order valence-electron chi connectivity index (χ4n) is 4.56. The Labute approximate surface area is 160 Å². The number of hydrogen-bond acceptors (Lipinski definition) is 5. The van der Waals surface area contributed by atoms with Crippen molar-refractivity contribution < 1.29 is 29.6 Å². The maximum atomic E-state index is 11.4. The highest BCUT2D eigenvalue weighted by Gasteiger charge is 2.38. The highest BCUT2D eigenvalue weighted by molar-refractivity contribution is 5.67. The van der Waals surface area contributed by atoms with Gasteiger partial charge in [-0.3, -0.25) is 9.59 Å². The van der Waals surface area contributed by atoms with E-state index in [9.17, 15) is 19.8 Å². The largest absolute Gasteiger partial charge is 0.481 e. The molecular weight excluding hydrogens is 348 g/mol. The summed E-state index contributed by atoms with van der Waals surface area (Å²) >= 11 is 0. The van der Waals surface area contributed by atoms with Crippen LogP contribution in [0.1, 0.15) is 52.9 Å². The fraction of sp³-hybridized carbons (Fsp3) is 0.714. The number of aliphatic hydroxyl groups excluding tert-OH is 2. The minimum absolute atomic E-state index is 0.0723. The summed E-state index contributed by atoms with van der Waals surface area (Å²) in [7, 11) is 0. The first kappa shape index (κ1) is 21.6. The normalized spacial score (nSPS) is 32.2. The molecule has 1 unspecified atom stereocenters. The summed E-state index contributed by atoms with van der Waals surface area (Å²) in [5.41, 5.74) is 1.18. The molecule has 152 valence electrons. The summed E-state index contributed by atoms with van der Waals surface area (Å²) in [6.07, 6.45) is 6.30. The Balaban J connectivity index is 2.05. The average Bonchev–Trinajstić information content (AvgIpc) is 2.52. The SMILES string of the molecule is CC(=O)O[C@H](CC[C@@H]1C2C(=C[C@H](C)C[C@@H]2O)C=C[C@@H]1C)C[C@@H](O)CC(=O)O. The molecule has 0 fully saturated rings. The zero-order valence-electron chi connectivity index (χ0n) is 16.4. The Morgan fingerprint density at radius 2 is 2.04 bits per heavy atom. The Hall–Kier alpha value is -1.66. The predicted octanol–water partition coefficient (Wildman–Crippen LogP) is 2.69. The van der Waals surface area contributed by atoms with E-state index in [0.717, 1.165) is 12.8 Å². The molecule has 6 nitrogen and oxygen atoms in total. The molecular formula is C21H32O6. The minimum atomic E-state index is -1.08. The summed E-state index contributed by atoms with van der Waals surface area (Å²) in [5.74, 6) is -0.584. The second-order valence-electron chi connectivity index (χ2n) is 8.15. The monoisotopic (exact) mass is 380 g/mol. The van der Waals surface area contributed by atoms with Crippen LogP contribution in [0.2, 0.25) is 0 Å². The molecule has 2 aliphatic carbocycles. The minimum Gasteiger partial charge on any atom is -0.481 e. The number of carboxylic acid groups (broad SMARTS) is 1. The number of aliphatic hydroxyl groups is 2. The number of rotatable bonds is 8. The molecule has 0 aliphatic heterocycles. The van der Waals surface area contributed by atoms with Gasteiger partial charge in [0.05, 0.1) is 18.6 Å². The third kappa shape index (κ3) is 6.18. The lowest BCUT2D eigenvalue weighted by Crippen LogP contribution is -2.38. The standard InChI is InChI=1S/C21H32O6/c1-12-8-15-5-4-13(2)18(21(15)19(24)9-12)7-6-17(27-14(3)22)10-16(23)11-20(25)26/h4-5,8,12-13,16-19,21,23-24H,6-7,9-11H2,1-3H3,(H,25,26)/t12-,13-,16+,17+,18-,19-,21?/m0/s1. The summed E-state index contributed by atoms with van der Waals surface area (Å²) in [6, 6.07) is 0. The predicted molar refractivity (Wildman–Crippen MR) is 101 cm³/mol. The quantitative estimate of drug-likeness (QED) is 0.559.